The highest BCUT2D eigenvalue weighted by molar-refractivity contribution is 7.18. The van der Waals surface area contributed by atoms with Crippen molar-refractivity contribution in [2.75, 3.05) is 5.32 Å². The summed E-state index contributed by atoms with van der Waals surface area (Å²) in [5.74, 6) is -0.0976. The van der Waals surface area contributed by atoms with Crippen LogP contribution in [0.15, 0.2) is 91.1 Å². The first-order valence-corrected chi connectivity index (χ1v) is 11.2. The van der Waals surface area contributed by atoms with Gasteiger partial charge in [-0.3, -0.25) is 9.78 Å². The minimum atomic E-state index is -0.0976. The van der Waals surface area contributed by atoms with E-state index in [4.69, 9.17) is 4.98 Å². The van der Waals surface area contributed by atoms with Crippen molar-refractivity contribution in [3.05, 3.63) is 102 Å². The maximum Gasteiger partial charge on any atom is 0.230 e. The Kier molecular flexibility index (Phi) is 5.48. The van der Waals surface area contributed by atoms with Crippen molar-refractivity contribution in [2.24, 2.45) is 0 Å². The smallest absolute Gasteiger partial charge is 0.230 e. The summed E-state index contributed by atoms with van der Waals surface area (Å²) in [6, 6.07) is 28.0. The maximum atomic E-state index is 13.0. The molecule has 156 valence electrons. The van der Waals surface area contributed by atoms with E-state index in [1.54, 1.807) is 17.5 Å². The number of aryl methyl sites for hydroxylation is 1. The number of rotatable bonds is 5. The van der Waals surface area contributed by atoms with Crippen molar-refractivity contribution < 1.29 is 4.79 Å². The van der Waals surface area contributed by atoms with Crippen LogP contribution in [-0.4, -0.2) is 15.9 Å². The van der Waals surface area contributed by atoms with Crippen LogP contribution in [-0.2, 0) is 11.2 Å². The quantitative estimate of drug-likeness (QED) is 0.342. The molecule has 2 aromatic heterocycles. The van der Waals surface area contributed by atoms with Gasteiger partial charge in [-0.2, -0.15) is 0 Å². The average molecular weight is 436 g/mol. The Bertz CT molecular complexity index is 1390. The maximum absolute atomic E-state index is 13.0. The molecule has 0 aliphatic heterocycles. The highest BCUT2D eigenvalue weighted by atomic mass is 32.1. The van der Waals surface area contributed by atoms with Gasteiger partial charge in [0, 0.05) is 17.1 Å². The molecule has 32 heavy (non-hydrogen) atoms. The molecule has 1 N–H and O–H groups in total. The third-order valence-electron chi connectivity index (χ3n) is 5.28. The molecular formula is C27H21N3OS. The Labute approximate surface area is 190 Å². The van der Waals surface area contributed by atoms with Gasteiger partial charge in [-0.15, -0.1) is 11.3 Å². The molecule has 0 saturated heterocycles. The van der Waals surface area contributed by atoms with Gasteiger partial charge < -0.3 is 5.32 Å². The summed E-state index contributed by atoms with van der Waals surface area (Å²) < 4.78 is 0. The molecule has 5 rings (SSSR count). The fourth-order valence-electron chi connectivity index (χ4n) is 3.67. The average Bonchev–Trinajstić information content (AvgIpc) is 3.24. The summed E-state index contributed by atoms with van der Waals surface area (Å²) in [6.07, 6.45) is 1.95. The summed E-state index contributed by atoms with van der Waals surface area (Å²) in [4.78, 5) is 23.3. The number of anilines is 1. The lowest BCUT2D eigenvalue weighted by molar-refractivity contribution is -0.115. The number of aromatic nitrogens is 2. The van der Waals surface area contributed by atoms with Gasteiger partial charge in [0.2, 0.25) is 5.91 Å². The van der Waals surface area contributed by atoms with Crippen LogP contribution in [0.3, 0.4) is 0 Å². The topological polar surface area (TPSA) is 54.9 Å². The highest BCUT2D eigenvalue weighted by Crippen LogP contribution is 2.36. The van der Waals surface area contributed by atoms with Crippen molar-refractivity contribution >= 4 is 33.8 Å². The number of benzene rings is 3. The predicted molar refractivity (Wildman–Crippen MR) is 132 cm³/mol. The number of nitrogens with zero attached hydrogens (tertiary/aromatic N) is 2. The van der Waals surface area contributed by atoms with Gasteiger partial charge in [0.25, 0.3) is 0 Å². The van der Waals surface area contributed by atoms with Gasteiger partial charge in [0.15, 0.2) is 0 Å². The van der Waals surface area contributed by atoms with Crippen LogP contribution in [0.2, 0.25) is 0 Å². The van der Waals surface area contributed by atoms with E-state index >= 15 is 0 Å². The summed E-state index contributed by atoms with van der Waals surface area (Å²) >= 11 is 1.62. The highest BCUT2D eigenvalue weighted by Gasteiger charge is 2.18. The van der Waals surface area contributed by atoms with Gasteiger partial charge >= 0.3 is 0 Å². The van der Waals surface area contributed by atoms with E-state index in [2.05, 4.69) is 41.5 Å². The number of hydrogen-bond acceptors (Lipinski definition) is 4. The van der Waals surface area contributed by atoms with Crippen LogP contribution in [0, 0.1) is 6.92 Å². The normalized spacial score (nSPS) is 10.9. The Morgan fingerprint density at radius 3 is 2.50 bits per heavy atom. The van der Waals surface area contributed by atoms with Crippen molar-refractivity contribution in [3.8, 4) is 21.0 Å². The van der Waals surface area contributed by atoms with Crippen molar-refractivity contribution in [2.45, 2.75) is 13.3 Å². The summed E-state index contributed by atoms with van der Waals surface area (Å²) in [5.41, 5.74) is 5.73. The molecule has 0 spiro atoms. The molecule has 0 aliphatic rings. The van der Waals surface area contributed by atoms with Gasteiger partial charge in [-0.05, 0) is 36.8 Å². The van der Waals surface area contributed by atoms with Gasteiger partial charge in [0.05, 0.1) is 28.2 Å². The van der Waals surface area contributed by atoms with E-state index < -0.39 is 0 Å². The van der Waals surface area contributed by atoms with Crippen LogP contribution in [0.4, 0.5) is 5.69 Å². The molecule has 3 aromatic carbocycles. The largest absolute Gasteiger partial charge is 0.325 e. The van der Waals surface area contributed by atoms with E-state index in [-0.39, 0.29) is 12.3 Å². The van der Waals surface area contributed by atoms with Gasteiger partial charge in [-0.25, -0.2) is 4.98 Å². The minimum Gasteiger partial charge on any atom is -0.325 e. The third-order valence-corrected chi connectivity index (χ3v) is 6.48. The lowest BCUT2D eigenvalue weighted by Crippen LogP contribution is -2.15. The van der Waals surface area contributed by atoms with Crippen molar-refractivity contribution in [1.82, 2.24) is 9.97 Å². The Balaban J connectivity index is 1.48. The third kappa shape index (κ3) is 4.15. The van der Waals surface area contributed by atoms with Gasteiger partial charge in [0.1, 0.15) is 5.01 Å². The van der Waals surface area contributed by atoms with Crippen LogP contribution in [0.5, 0.6) is 0 Å². The number of nitrogens with one attached hydrogen (secondary N) is 1. The predicted octanol–water partition coefficient (Wildman–Crippen LogP) is 6.51. The zero-order chi connectivity index (χ0) is 21.9. The zero-order valence-corrected chi connectivity index (χ0v) is 18.4. The minimum absolute atomic E-state index is 0.0976. The van der Waals surface area contributed by atoms with E-state index in [0.29, 0.717) is 0 Å². The fourth-order valence-corrected chi connectivity index (χ4v) is 4.76. The second-order valence-corrected chi connectivity index (χ2v) is 8.63. The van der Waals surface area contributed by atoms with E-state index in [1.807, 2.05) is 60.7 Å². The lowest BCUT2D eigenvalue weighted by Gasteiger charge is -2.08. The fraction of sp³-hybridized carbons (Fsp3) is 0.0741. The van der Waals surface area contributed by atoms with Crippen LogP contribution in [0.25, 0.3) is 31.9 Å². The molecule has 0 fully saturated rings. The Hall–Kier alpha value is -3.83. The SMILES string of the molecule is Cc1ccc(-c2sc(-c3ccccc3)nc2CC(=O)Nc2cccc3ncccc23)cc1. The first-order valence-electron chi connectivity index (χ1n) is 10.4. The van der Waals surface area contributed by atoms with E-state index in [0.717, 1.165) is 43.3 Å². The molecule has 0 atom stereocenters. The van der Waals surface area contributed by atoms with Gasteiger partial charge in [-0.1, -0.05) is 66.2 Å². The number of hydrogen-bond donors (Lipinski definition) is 1. The monoisotopic (exact) mass is 435 g/mol. The summed E-state index contributed by atoms with van der Waals surface area (Å²) in [6.45, 7) is 2.07. The molecule has 0 bridgehead atoms. The molecule has 1 amide bonds. The first kappa shape index (κ1) is 20.1. The molecule has 2 heterocycles. The molecule has 0 unspecified atom stereocenters. The first-order chi connectivity index (χ1) is 15.7. The van der Waals surface area contributed by atoms with E-state index in [1.165, 1.54) is 5.56 Å². The number of amides is 1. The Morgan fingerprint density at radius 1 is 0.875 bits per heavy atom. The summed E-state index contributed by atoms with van der Waals surface area (Å²) in [7, 11) is 0. The molecular weight excluding hydrogens is 414 g/mol. The second-order valence-electron chi connectivity index (χ2n) is 7.63. The molecule has 5 heteroatoms. The van der Waals surface area contributed by atoms with Crippen LogP contribution in [0.1, 0.15) is 11.3 Å². The molecule has 0 aliphatic carbocycles. The molecule has 0 saturated carbocycles. The van der Waals surface area contributed by atoms with Crippen molar-refractivity contribution in [1.29, 1.82) is 0 Å². The van der Waals surface area contributed by atoms with E-state index in [9.17, 15) is 4.79 Å². The molecule has 4 nitrogen and oxygen atoms in total. The lowest BCUT2D eigenvalue weighted by atomic mass is 10.1. The second kappa shape index (κ2) is 8.73. The Morgan fingerprint density at radius 2 is 1.69 bits per heavy atom. The standard InChI is InChI=1S/C27H21N3OS/c1-18-12-14-19(15-13-18)26-24(30-27(32-26)20-7-3-2-4-8-20)17-25(31)29-23-11-5-10-22-21(23)9-6-16-28-22/h2-16H,17H2,1H3,(H,29,31). The van der Waals surface area contributed by atoms with Crippen LogP contribution < -0.4 is 5.32 Å². The number of thiazole rings is 1. The van der Waals surface area contributed by atoms with Crippen molar-refractivity contribution in [3.63, 3.8) is 0 Å². The number of carbonyl (C=O) groups is 1. The number of fused-ring (bicyclic) bond motifs is 1. The number of pyridine rings is 1. The van der Waals surface area contributed by atoms with Crippen LogP contribution >= 0.6 is 11.3 Å². The molecule has 5 aromatic rings. The molecule has 0 radical (unpaired) electrons. The zero-order valence-electron chi connectivity index (χ0n) is 17.6. The summed E-state index contributed by atoms with van der Waals surface area (Å²) in [5, 5.41) is 4.89. The number of carbonyl (C=O) groups excluding carboxylic acids is 1.